The molecular weight excluding hydrogens is 208 g/mol. The number of carboxylic acid groups (broad SMARTS) is 1. The second-order valence-corrected chi connectivity index (χ2v) is 3.30. The maximum Gasteiger partial charge on any atom is 0.337 e. The average Bonchev–Trinajstić information content (AvgIpc) is 2.28. The Morgan fingerprint density at radius 3 is 2.56 bits per heavy atom. The van der Waals surface area contributed by atoms with Gasteiger partial charge in [0, 0.05) is 13.6 Å². The standard InChI is InChI=1S/C11H14N2O3/c1-3-13(2)11(16)12-9-7-5-4-6-8(9)10(14)15/h4-7H,3H2,1-2H3,(H,12,16)(H,14,15). The first-order valence-corrected chi connectivity index (χ1v) is 4.90. The number of hydrogen-bond donors (Lipinski definition) is 2. The molecule has 5 nitrogen and oxygen atoms in total. The highest BCUT2D eigenvalue weighted by atomic mass is 16.4. The predicted molar refractivity (Wildman–Crippen MR) is 60.7 cm³/mol. The van der Waals surface area contributed by atoms with E-state index in [1.54, 1.807) is 25.2 Å². The molecule has 0 unspecified atom stereocenters. The molecule has 1 aromatic carbocycles. The summed E-state index contributed by atoms with van der Waals surface area (Å²) in [5, 5.41) is 11.5. The van der Waals surface area contributed by atoms with Crippen molar-refractivity contribution in [2.45, 2.75) is 6.92 Å². The summed E-state index contributed by atoms with van der Waals surface area (Å²) >= 11 is 0. The Labute approximate surface area is 93.7 Å². The molecule has 16 heavy (non-hydrogen) atoms. The highest BCUT2D eigenvalue weighted by Crippen LogP contribution is 2.15. The molecular formula is C11H14N2O3. The second kappa shape index (κ2) is 5.16. The molecule has 1 rings (SSSR count). The van der Waals surface area contributed by atoms with Crippen LogP contribution in [-0.2, 0) is 0 Å². The monoisotopic (exact) mass is 222 g/mol. The highest BCUT2D eigenvalue weighted by molar-refractivity contribution is 5.99. The van der Waals surface area contributed by atoms with Crippen molar-refractivity contribution in [2.75, 3.05) is 18.9 Å². The van der Waals surface area contributed by atoms with E-state index in [9.17, 15) is 9.59 Å². The minimum Gasteiger partial charge on any atom is -0.478 e. The van der Waals surface area contributed by atoms with Crippen LogP contribution in [-0.4, -0.2) is 35.6 Å². The molecule has 0 aliphatic rings. The molecule has 0 fully saturated rings. The van der Waals surface area contributed by atoms with Crippen LogP contribution in [0.5, 0.6) is 0 Å². The zero-order valence-electron chi connectivity index (χ0n) is 9.23. The second-order valence-electron chi connectivity index (χ2n) is 3.30. The number of nitrogens with zero attached hydrogens (tertiary/aromatic N) is 1. The summed E-state index contributed by atoms with van der Waals surface area (Å²) in [6.45, 7) is 2.39. The number of benzene rings is 1. The van der Waals surface area contributed by atoms with E-state index >= 15 is 0 Å². The molecule has 0 saturated heterocycles. The predicted octanol–water partition coefficient (Wildman–Crippen LogP) is 1.87. The van der Waals surface area contributed by atoms with Gasteiger partial charge in [-0.2, -0.15) is 0 Å². The lowest BCUT2D eigenvalue weighted by atomic mass is 10.2. The van der Waals surface area contributed by atoms with E-state index in [1.165, 1.54) is 11.0 Å². The van der Waals surface area contributed by atoms with Gasteiger partial charge in [0.05, 0.1) is 11.3 Å². The van der Waals surface area contributed by atoms with Gasteiger partial charge in [-0.25, -0.2) is 9.59 Å². The van der Waals surface area contributed by atoms with Crippen LogP contribution in [0, 0.1) is 0 Å². The summed E-state index contributed by atoms with van der Waals surface area (Å²) in [6, 6.07) is 5.97. The summed E-state index contributed by atoms with van der Waals surface area (Å²) < 4.78 is 0. The third-order valence-corrected chi connectivity index (χ3v) is 2.22. The smallest absolute Gasteiger partial charge is 0.337 e. The average molecular weight is 222 g/mol. The number of aromatic carboxylic acids is 1. The molecule has 0 aliphatic heterocycles. The van der Waals surface area contributed by atoms with Gasteiger partial charge in [-0.05, 0) is 19.1 Å². The summed E-state index contributed by atoms with van der Waals surface area (Å²) in [6.07, 6.45) is 0. The van der Waals surface area contributed by atoms with Crippen LogP contribution < -0.4 is 5.32 Å². The Morgan fingerprint density at radius 2 is 2.00 bits per heavy atom. The van der Waals surface area contributed by atoms with Crippen LogP contribution in [0.4, 0.5) is 10.5 Å². The van der Waals surface area contributed by atoms with Gasteiger partial charge in [0.2, 0.25) is 0 Å². The summed E-state index contributed by atoms with van der Waals surface area (Å²) in [5.41, 5.74) is 0.389. The molecule has 1 aromatic rings. The fraction of sp³-hybridized carbons (Fsp3) is 0.273. The maximum atomic E-state index is 11.5. The highest BCUT2D eigenvalue weighted by Gasteiger charge is 2.12. The lowest BCUT2D eigenvalue weighted by Gasteiger charge is -2.16. The molecule has 0 heterocycles. The zero-order valence-corrected chi connectivity index (χ0v) is 9.23. The zero-order chi connectivity index (χ0) is 12.1. The minimum absolute atomic E-state index is 0.0837. The molecule has 0 aromatic heterocycles. The summed E-state index contributed by atoms with van der Waals surface area (Å²) in [5.74, 6) is -1.06. The number of rotatable bonds is 3. The van der Waals surface area contributed by atoms with E-state index < -0.39 is 5.97 Å². The van der Waals surface area contributed by atoms with Crippen LogP contribution in [0.3, 0.4) is 0 Å². The van der Waals surface area contributed by atoms with Gasteiger partial charge in [-0.1, -0.05) is 12.1 Å². The van der Waals surface area contributed by atoms with Crippen molar-refractivity contribution >= 4 is 17.7 Å². The van der Waals surface area contributed by atoms with Crippen LogP contribution >= 0.6 is 0 Å². The lowest BCUT2D eigenvalue weighted by molar-refractivity contribution is 0.0698. The summed E-state index contributed by atoms with van der Waals surface area (Å²) in [7, 11) is 1.64. The molecule has 0 spiro atoms. The van der Waals surface area contributed by atoms with Crippen LogP contribution in [0.25, 0.3) is 0 Å². The third-order valence-electron chi connectivity index (χ3n) is 2.22. The largest absolute Gasteiger partial charge is 0.478 e. The lowest BCUT2D eigenvalue weighted by Crippen LogP contribution is -2.31. The Balaban J connectivity index is 2.89. The van der Waals surface area contributed by atoms with E-state index in [0.29, 0.717) is 12.2 Å². The molecule has 0 saturated carbocycles. The molecule has 2 amide bonds. The van der Waals surface area contributed by atoms with E-state index in [1.807, 2.05) is 6.92 Å². The van der Waals surface area contributed by atoms with Crippen molar-refractivity contribution in [1.82, 2.24) is 4.90 Å². The number of para-hydroxylation sites is 1. The normalized spacial score (nSPS) is 9.62. The Bertz CT molecular complexity index is 404. The van der Waals surface area contributed by atoms with Gasteiger partial charge in [0.25, 0.3) is 0 Å². The molecule has 2 N–H and O–H groups in total. The third kappa shape index (κ3) is 2.73. The van der Waals surface area contributed by atoms with Gasteiger partial charge in [0.15, 0.2) is 0 Å². The number of anilines is 1. The van der Waals surface area contributed by atoms with Crippen molar-refractivity contribution in [3.05, 3.63) is 29.8 Å². The number of hydrogen-bond acceptors (Lipinski definition) is 2. The van der Waals surface area contributed by atoms with Crippen molar-refractivity contribution in [3.63, 3.8) is 0 Å². The topological polar surface area (TPSA) is 69.6 Å². The number of nitrogens with one attached hydrogen (secondary N) is 1. The first-order valence-electron chi connectivity index (χ1n) is 4.90. The summed E-state index contributed by atoms with van der Waals surface area (Å²) in [4.78, 5) is 23.9. The fourth-order valence-electron chi connectivity index (χ4n) is 1.13. The van der Waals surface area contributed by atoms with E-state index in [0.717, 1.165) is 0 Å². The van der Waals surface area contributed by atoms with Crippen LogP contribution in [0.15, 0.2) is 24.3 Å². The quantitative estimate of drug-likeness (QED) is 0.820. The number of carbonyl (C=O) groups is 2. The first kappa shape index (κ1) is 12.0. The van der Waals surface area contributed by atoms with Crippen molar-refractivity contribution < 1.29 is 14.7 Å². The van der Waals surface area contributed by atoms with Gasteiger partial charge < -0.3 is 15.3 Å². The Morgan fingerprint density at radius 1 is 1.38 bits per heavy atom. The van der Waals surface area contributed by atoms with Crippen molar-refractivity contribution in [3.8, 4) is 0 Å². The molecule has 0 atom stereocenters. The number of amides is 2. The SMILES string of the molecule is CCN(C)C(=O)Nc1ccccc1C(=O)O. The number of carbonyl (C=O) groups excluding carboxylic acids is 1. The minimum atomic E-state index is -1.06. The molecule has 0 bridgehead atoms. The van der Waals surface area contributed by atoms with Gasteiger partial charge in [0.1, 0.15) is 0 Å². The van der Waals surface area contributed by atoms with E-state index in [4.69, 9.17) is 5.11 Å². The first-order chi connectivity index (χ1) is 7.56. The Hall–Kier alpha value is -2.04. The molecule has 5 heteroatoms. The van der Waals surface area contributed by atoms with E-state index in [-0.39, 0.29) is 11.6 Å². The van der Waals surface area contributed by atoms with Crippen molar-refractivity contribution in [2.24, 2.45) is 0 Å². The fourth-order valence-corrected chi connectivity index (χ4v) is 1.13. The molecule has 0 aliphatic carbocycles. The number of urea groups is 1. The van der Waals surface area contributed by atoms with Gasteiger partial charge in [-0.15, -0.1) is 0 Å². The van der Waals surface area contributed by atoms with Crippen LogP contribution in [0.2, 0.25) is 0 Å². The maximum absolute atomic E-state index is 11.5. The van der Waals surface area contributed by atoms with Crippen molar-refractivity contribution in [1.29, 1.82) is 0 Å². The molecule has 86 valence electrons. The Kier molecular flexibility index (Phi) is 3.88. The van der Waals surface area contributed by atoms with Crippen LogP contribution in [0.1, 0.15) is 17.3 Å². The molecule has 0 radical (unpaired) electrons. The van der Waals surface area contributed by atoms with Gasteiger partial charge in [-0.3, -0.25) is 0 Å². The van der Waals surface area contributed by atoms with Gasteiger partial charge >= 0.3 is 12.0 Å². The number of carboxylic acids is 1. The van der Waals surface area contributed by atoms with E-state index in [2.05, 4.69) is 5.32 Å².